The average molecular weight is 751 g/mol. The number of amides is 1. The van der Waals surface area contributed by atoms with Crippen LogP contribution in [0.4, 0.5) is 17.1 Å². The molecule has 0 radical (unpaired) electrons. The monoisotopic (exact) mass is 749 g/mol. The first-order chi connectivity index (χ1) is 20.2. The van der Waals surface area contributed by atoms with Gasteiger partial charge in [0.15, 0.2) is 6.04 Å². The van der Waals surface area contributed by atoms with Crippen molar-refractivity contribution >= 4 is 82.1 Å². The van der Waals surface area contributed by atoms with Crippen molar-refractivity contribution in [2.45, 2.75) is 41.5 Å². The number of rotatable bonds is 8. The minimum Gasteiger partial charge on any atom is -0.870 e. The molecule has 1 amide bonds. The maximum Gasteiger partial charge on any atom is 1.00 e. The SMILES string of the molecule is CC1=NN(c2c(C)cc(S(=O)(=O)[O-])cc2Cl)C(=O)C1N=Nc1ccc(C)c(S(=O)(=O)Nc2cc(Cl)cc(S(=O)(=O)O)c2[O-])c1.[Na+].[Na+]. The Morgan fingerprint density at radius 2 is 1.57 bits per heavy atom. The van der Waals surface area contributed by atoms with Crippen LogP contribution < -0.4 is 74.0 Å². The molecule has 46 heavy (non-hydrogen) atoms. The molecule has 1 heterocycles. The van der Waals surface area contributed by atoms with Crippen molar-refractivity contribution in [3.63, 3.8) is 0 Å². The zero-order valence-corrected chi connectivity index (χ0v) is 32.5. The second kappa shape index (κ2) is 14.9. The van der Waals surface area contributed by atoms with E-state index in [1.165, 1.54) is 32.9 Å². The molecular weight excluding hydrogens is 731 g/mol. The van der Waals surface area contributed by atoms with Gasteiger partial charge in [-0.15, -0.1) is 0 Å². The molecule has 0 fully saturated rings. The molecule has 1 aliphatic heterocycles. The van der Waals surface area contributed by atoms with E-state index in [-0.39, 0.29) is 102 Å². The molecule has 1 unspecified atom stereocenters. The van der Waals surface area contributed by atoms with Gasteiger partial charge in [-0.1, -0.05) is 35.0 Å². The van der Waals surface area contributed by atoms with Gasteiger partial charge in [-0.25, -0.2) is 16.8 Å². The summed E-state index contributed by atoms with van der Waals surface area (Å²) < 4.78 is 94.9. The minimum absolute atomic E-state index is 0. The third-order valence-corrected chi connectivity index (χ3v) is 9.80. The maximum absolute atomic E-state index is 13.2. The molecule has 0 aromatic heterocycles. The number of nitrogens with one attached hydrogen (secondary N) is 1. The van der Waals surface area contributed by atoms with Gasteiger partial charge in [0.1, 0.15) is 10.1 Å². The van der Waals surface area contributed by atoms with Gasteiger partial charge in [-0.2, -0.15) is 28.8 Å². The molecule has 22 heteroatoms. The number of hydrogen-bond donors (Lipinski definition) is 2. The predicted molar refractivity (Wildman–Crippen MR) is 156 cm³/mol. The van der Waals surface area contributed by atoms with Gasteiger partial charge < -0.3 is 9.66 Å². The third kappa shape index (κ3) is 8.68. The Morgan fingerprint density at radius 1 is 0.935 bits per heavy atom. The van der Waals surface area contributed by atoms with Crippen LogP contribution in [-0.2, 0) is 35.1 Å². The quantitative estimate of drug-likeness (QED) is 0.140. The number of azo groups is 1. The zero-order chi connectivity index (χ0) is 32.9. The van der Waals surface area contributed by atoms with E-state index in [9.17, 15) is 44.3 Å². The van der Waals surface area contributed by atoms with Crippen molar-refractivity contribution in [1.82, 2.24) is 0 Å². The van der Waals surface area contributed by atoms with E-state index in [1.54, 1.807) is 0 Å². The first-order valence-corrected chi connectivity index (χ1v) is 17.0. The van der Waals surface area contributed by atoms with Crippen molar-refractivity contribution in [2.24, 2.45) is 15.3 Å². The van der Waals surface area contributed by atoms with Gasteiger partial charge >= 0.3 is 59.1 Å². The fourth-order valence-corrected chi connectivity index (χ4v) is 7.28. The Labute approximate surface area is 318 Å². The summed E-state index contributed by atoms with van der Waals surface area (Å²) in [4.78, 5) is 11.1. The number of carbonyl (C=O) groups is 1. The van der Waals surface area contributed by atoms with Crippen molar-refractivity contribution in [2.75, 3.05) is 9.73 Å². The number of anilines is 2. The summed E-state index contributed by atoms with van der Waals surface area (Å²) in [5.74, 6) is -2.07. The molecule has 15 nitrogen and oxygen atoms in total. The molecule has 4 rings (SSSR count). The molecule has 1 aliphatic rings. The van der Waals surface area contributed by atoms with Gasteiger partial charge in [0.05, 0.1) is 36.8 Å². The van der Waals surface area contributed by atoms with Crippen molar-refractivity contribution in [1.29, 1.82) is 0 Å². The standard InChI is InChI=1S/C24H21Cl2N5O10S3.2Na/c1-11-4-5-15(9-19(11)42(34,35)30-18-7-14(25)8-20(23(18)32)44(39,40)41)27-28-21-13(3)29-31(24(21)33)22-12(2)6-16(10-17(22)26)43(36,37)38;;/h4-10,21,30,32H,1-3H3,(H,36,37,38)(H,39,40,41);;/q;2*+1/p-2. The zero-order valence-electron chi connectivity index (χ0n) is 24.5. The summed E-state index contributed by atoms with van der Waals surface area (Å²) in [5, 5.41) is 24.9. The maximum atomic E-state index is 13.2. The Balaban J connectivity index is 0.00000368. The second-order valence-electron chi connectivity index (χ2n) is 9.35. The van der Waals surface area contributed by atoms with Gasteiger partial charge in [0, 0.05) is 10.7 Å². The smallest absolute Gasteiger partial charge is 0.870 e. The molecule has 0 bridgehead atoms. The number of sulfonamides is 1. The van der Waals surface area contributed by atoms with Gasteiger partial charge in [0.25, 0.3) is 26.0 Å². The molecule has 0 aliphatic carbocycles. The van der Waals surface area contributed by atoms with Crippen molar-refractivity contribution in [3.05, 3.63) is 63.6 Å². The summed E-state index contributed by atoms with van der Waals surface area (Å²) >= 11 is 12.0. The van der Waals surface area contributed by atoms with E-state index >= 15 is 0 Å². The molecule has 3 aromatic rings. The van der Waals surface area contributed by atoms with E-state index in [0.717, 1.165) is 29.3 Å². The Hall–Kier alpha value is -1.65. The molecular formula is C24H19Cl2N5Na2O10S3. The van der Waals surface area contributed by atoms with Crippen LogP contribution in [0.25, 0.3) is 0 Å². The van der Waals surface area contributed by atoms with E-state index in [1.807, 2.05) is 4.72 Å². The van der Waals surface area contributed by atoms with Crippen LogP contribution in [0.5, 0.6) is 5.75 Å². The first kappa shape index (κ1) is 40.5. The fraction of sp³-hybridized carbons (Fsp3) is 0.167. The number of carbonyl (C=O) groups excluding carboxylic acids is 1. The molecule has 0 saturated carbocycles. The fourth-order valence-electron chi connectivity index (χ4n) is 4.07. The van der Waals surface area contributed by atoms with Crippen LogP contribution in [0.1, 0.15) is 18.1 Å². The number of hydrogen-bond acceptors (Lipinski definition) is 12. The van der Waals surface area contributed by atoms with E-state index < -0.39 is 63.4 Å². The number of halogens is 2. The number of hydrazone groups is 1. The molecule has 0 spiro atoms. The van der Waals surface area contributed by atoms with Crippen LogP contribution in [0.15, 0.2) is 72.5 Å². The molecule has 2 N–H and O–H groups in total. The predicted octanol–water partition coefficient (Wildman–Crippen LogP) is -2.48. The summed E-state index contributed by atoms with van der Waals surface area (Å²) in [6, 6.07) is 6.02. The number of aryl methyl sites for hydroxylation is 2. The van der Waals surface area contributed by atoms with Crippen LogP contribution in [0, 0.1) is 13.8 Å². The molecule has 1 atom stereocenters. The number of benzene rings is 3. The summed E-state index contributed by atoms with van der Waals surface area (Å²) in [5.41, 5.74) is -0.242. The summed E-state index contributed by atoms with van der Waals surface area (Å²) in [6.07, 6.45) is 0. The van der Waals surface area contributed by atoms with Gasteiger partial charge in [-0.05, 0) is 68.3 Å². The van der Waals surface area contributed by atoms with Crippen molar-refractivity contribution in [3.8, 4) is 5.75 Å². The average Bonchev–Trinajstić information content (AvgIpc) is 3.16. The van der Waals surface area contributed by atoms with Crippen LogP contribution in [0.3, 0.4) is 0 Å². The van der Waals surface area contributed by atoms with Crippen LogP contribution in [0.2, 0.25) is 10.0 Å². The molecule has 234 valence electrons. The van der Waals surface area contributed by atoms with E-state index in [0.29, 0.717) is 6.07 Å². The van der Waals surface area contributed by atoms with Gasteiger partial charge in [-0.3, -0.25) is 14.1 Å². The summed E-state index contributed by atoms with van der Waals surface area (Å²) in [7, 11) is -14.4. The van der Waals surface area contributed by atoms with Gasteiger partial charge in [0.2, 0.25) is 0 Å². The molecule has 0 saturated heterocycles. The van der Waals surface area contributed by atoms with Crippen LogP contribution >= 0.6 is 23.2 Å². The summed E-state index contributed by atoms with van der Waals surface area (Å²) in [6.45, 7) is 4.32. The Kier molecular flexibility index (Phi) is 13.1. The first-order valence-electron chi connectivity index (χ1n) is 11.9. The van der Waals surface area contributed by atoms with E-state index in [2.05, 4.69) is 15.3 Å². The second-order valence-corrected chi connectivity index (χ2v) is 14.6. The van der Waals surface area contributed by atoms with Crippen LogP contribution in [-0.4, -0.2) is 52.0 Å². The Bertz CT molecular complexity index is 2110. The number of nitrogens with zero attached hydrogens (tertiary/aromatic N) is 4. The molecule has 3 aromatic carbocycles. The normalized spacial score (nSPS) is 15.4. The topological polar surface area (TPSA) is 238 Å². The minimum atomic E-state index is -5.02. The van der Waals surface area contributed by atoms with Crippen molar-refractivity contribution < 1.29 is 103 Å². The van der Waals surface area contributed by atoms with E-state index in [4.69, 9.17) is 23.2 Å². The largest absolute Gasteiger partial charge is 1.00 e. The third-order valence-electron chi connectivity index (χ3n) is 6.12. The Morgan fingerprint density at radius 3 is 2.13 bits per heavy atom.